The number of nitrogens with zero attached hydrogens (tertiary/aromatic N) is 4. The molecule has 130 valence electrons. The van der Waals surface area contributed by atoms with Crippen molar-refractivity contribution in [2.45, 2.75) is 27.3 Å². The van der Waals surface area contributed by atoms with Crippen molar-refractivity contribution in [3.05, 3.63) is 59.5 Å². The van der Waals surface area contributed by atoms with E-state index in [0.717, 1.165) is 25.3 Å². The Balaban J connectivity index is 1.82. The molecule has 1 N–H and O–H groups in total. The number of carbonyl (C=O) groups is 1. The van der Waals surface area contributed by atoms with Crippen LogP contribution < -0.4 is 5.32 Å². The predicted molar refractivity (Wildman–Crippen MR) is 98.7 cm³/mol. The molecule has 0 atom stereocenters. The third-order valence-electron chi connectivity index (χ3n) is 4.28. The van der Waals surface area contributed by atoms with E-state index in [2.05, 4.69) is 40.2 Å². The van der Waals surface area contributed by atoms with Gasteiger partial charge in [-0.2, -0.15) is 5.10 Å². The molecule has 0 aliphatic carbocycles. The zero-order valence-electron chi connectivity index (χ0n) is 14.9. The number of aromatic nitrogens is 3. The Morgan fingerprint density at radius 3 is 2.80 bits per heavy atom. The van der Waals surface area contributed by atoms with Gasteiger partial charge >= 0.3 is 0 Å². The molecule has 0 aliphatic heterocycles. The van der Waals surface area contributed by atoms with Gasteiger partial charge in [-0.25, -0.2) is 9.50 Å². The Morgan fingerprint density at radius 1 is 1.24 bits per heavy atom. The van der Waals surface area contributed by atoms with Crippen LogP contribution in [0, 0.1) is 6.92 Å². The van der Waals surface area contributed by atoms with Crippen molar-refractivity contribution in [3.63, 3.8) is 0 Å². The van der Waals surface area contributed by atoms with Crippen molar-refractivity contribution in [3.8, 4) is 0 Å². The first kappa shape index (κ1) is 17.1. The maximum absolute atomic E-state index is 12.7. The minimum Gasteiger partial charge on any atom is -0.322 e. The number of hydrogen-bond donors (Lipinski definition) is 1. The van der Waals surface area contributed by atoms with Gasteiger partial charge in [0.2, 0.25) is 0 Å². The van der Waals surface area contributed by atoms with Crippen LogP contribution in [0.1, 0.15) is 35.5 Å². The number of hydrogen-bond acceptors (Lipinski definition) is 4. The number of anilines is 1. The summed E-state index contributed by atoms with van der Waals surface area (Å²) in [6.45, 7) is 8.99. The van der Waals surface area contributed by atoms with E-state index in [-0.39, 0.29) is 5.91 Å². The first-order valence-corrected chi connectivity index (χ1v) is 8.55. The monoisotopic (exact) mass is 337 g/mol. The number of benzene rings is 1. The molecule has 25 heavy (non-hydrogen) atoms. The summed E-state index contributed by atoms with van der Waals surface area (Å²) in [6, 6.07) is 9.76. The van der Waals surface area contributed by atoms with Gasteiger partial charge in [0.15, 0.2) is 5.65 Å². The molecule has 3 rings (SSSR count). The Morgan fingerprint density at radius 2 is 2.04 bits per heavy atom. The molecule has 3 aromatic rings. The van der Waals surface area contributed by atoms with Crippen LogP contribution >= 0.6 is 0 Å². The van der Waals surface area contributed by atoms with E-state index in [1.807, 2.05) is 25.1 Å². The lowest BCUT2D eigenvalue weighted by molar-refractivity contribution is 0.102. The van der Waals surface area contributed by atoms with Crippen LogP contribution in [0.25, 0.3) is 5.65 Å². The molecule has 0 spiro atoms. The van der Waals surface area contributed by atoms with Crippen LogP contribution in [0.5, 0.6) is 0 Å². The molecule has 1 aromatic carbocycles. The largest absolute Gasteiger partial charge is 0.322 e. The zero-order chi connectivity index (χ0) is 17.8. The number of fused-ring (bicyclic) bond motifs is 1. The molecule has 0 unspecified atom stereocenters. The van der Waals surface area contributed by atoms with Gasteiger partial charge in [-0.15, -0.1) is 0 Å². The van der Waals surface area contributed by atoms with E-state index >= 15 is 0 Å². The SMILES string of the molecule is CCN(CC)Cc1cccc(NC(=O)c2c(C)nn3cccnc23)c1. The lowest BCUT2D eigenvalue weighted by Crippen LogP contribution is -2.22. The lowest BCUT2D eigenvalue weighted by atomic mass is 10.1. The summed E-state index contributed by atoms with van der Waals surface area (Å²) in [4.78, 5) is 19.4. The Bertz CT molecular complexity index is 882. The van der Waals surface area contributed by atoms with E-state index in [4.69, 9.17) is 0 Å². The van der Waals surface area contributed by atoms with E-state index in [1.165, 1.54) is 5.56 Å². The number of nitrogens with one attached hydrogen (secondary N) is 1. The summed E-state index contributed by atoms with van der Waals surface area (Å²) in [5.41, 5.74) is 3.70. The number of carbonyl (C=O) groups excluding carboxylic acids is 1. The maximum Gasteiger partial charge on any atom is 0.261 e. The van der Waals surface area contributed by atoms with Gasteiger partial charge in [-0.05, 0) is 43.8 Å². The van der Waals surface area contributed by atoms with E-state index in [0.29, 0.717) is 16.9 Å². The van der Waals surface area contributed by atoms with Gasteiger partial charge in [-0.3, -0.25) is 9.69 Å². The highest BCUT2D eigenvalue weighted by Gasteiger charge is 2.18. The molecule has 0 radical (unpaired) electrons. The fraction of sp³-hybridized carbons (Fsp3) is 0.316. The van der Waals surface area contributed by atoms with Gasteiger partial charge in [-0.1, -0.05) is 26.0 Å². The van der Waals surface area contributed by atoms with Crippen molar-refractivity contribution >= 4 is 17.2 Å². The first-order chi connectivity index (χ1) is 12.1. The Labute approximate surface area is 147 Å². The molecular formula is C19H23N5O. The average molecular weight is 337 g/mol. The Kier molecular flexibility index (Phi) is 5.09. The normalized spacial score (nSPS) is 11.2. The summed E-state index contributed by atoms with van der Waals surface area (Å²) in [7, 11) is 0. The van der Waals surface area contributed by atoms with E-state index < -0.39 is 0 Å². The fourth-order valence-electron chi connectivity index (χ4n) is 2.91. The highest BCUT2D eigenvalue weighted by molar-refractivity contribution is 6.09. The quantitative estimate of drug-likeness (QED) is 0.751. The molecule has 0 saturated heterocycles. The van der Waals surface area contributed by atoms with Crippen LogP contribution in [0.3, 0.4) is 0 Å². The molecule has 2 aromatic heterocycles. The van der Waals surface area contributed by atoms with Crippen molar-refractivity contribution in [1.29, 1.82) is 0 Å². The third-order valence-corrected chi connectivity index (χ3v) is 4.28. The predicted octanol–water partition coefficient (Wildman–Crippen LogP) is 3.13. The topological polar surface area (TPSA) is 62.5 Å². The van der Waals surface area contributed by atoms with Crippen LogP contribution in [0.2, 0.25) is 0 Å². The van der Waals surface area contributed by atoms with Crippen LogP contribution in [-0.4, -0.2) is 38.5 Å². The Hall–Kier alpha value is -2.73. The zero-order valence-corrected chi connectivity index (χ0v) is 14.9. The smallest absolute Gasteiger partial charge is 0.261 e. The molecule has 0 bridgehead atoms. The second-order valence-corrected chi connectivity index (χ2v) is 5.96. The van der Waals surface area contributed by atoms with Crippen LogP contribution in [0.4, 0.5) is 5.69 Å². The first-order valence-electron chi connectivity index (χ1n) is 8.55. The molecule has 6 nitrogen and oxygen atoms in total. The second kappa shape index (κ2) is 7.44. The number of amides is 1. The molecule has 1 amide bonds. The van der Waals surface area contributed by atoms with Crippen molar-refractivity contribution in [1.82, 2.24) is 19.5 Å². The van der Waals surface area contributed by atoms with Gasteiger partial charge < -0.3 is 5.32 Å². The van der Waals surface area contributed by atoms with E-state index in [1.54, 1.807) is 23.0 Å². The number of rotatable bonds is 6. The van der Waals surface area contributed by atoms with Gasteiger partial charge in [0.1, 0.15) is 5.56 Å². The van der Waals surface area contributed by atoms with Crippen molar-refractivity contribution in [2.75, 3.05) is 18.4 Å². The summed E-state index contributed by atoms with van der Waals surface area (Å²) in [5.74, 6) is -0.189. The molecular weight excluding hydrogens is 314 g/mol. The number of aryl methyl sites for hydroxylation is 1. The summed E-state index contributed by atoms with van der Waals surface area (Å²) in [6.07, 6.45) is 3.45. The molecule has 2 heterocycles. The van der Waals surface area contributed by atoms with Crippen molar-refractivity contribution < 1.29 is 4.79 Å². The lowest BCUT2D eigenvalue weighted by Gasteiger charge is -2.18. The highest BCUT2D eigenvalue weighted by Crippen LogP contribution is 2.17. The van der Waals surface area contributed by atoms with Gasteiger partial charge in [0, 0.05) is 24.6 Å². The van der Waals surface area contributed by atoms with Crippen LogP contribution in [0.15, 0.2) is 42.7 Å². The maximum atomic E-state index is 12.7. The average Bonchev–Trinajstić information content (AvgIpc) is 2.95. The van der Waals surface area contributed by atoms with Gasteiger partial charge in [0.05, 0.1) is 5.69 Å². The molecule has 0 aliphatic rings. The minimum atomic E-state index is -0.189. The second-order valence-electron chi connectivity index (χ2n) is 5.96. The van der Waals surface area contributed by atoms with Crippen molar-refractivity contribution in [2.24, 2.45) is 0 Å². The molecule has 6 heteroatoms. The molecule has 0 fully saturated rings. The van der Waals surface area contributed by atoms with Crippen LogP contribution in [-0.2, 0) is 6.54 Å². The molecule has 0 saturated carbocycles. The summed E-state index contributed by atoms with van der Waals surface area (Å²) >= 11 is 0. The summed E-state index contributed by atoms with van der Waals surface area (Å²) in [5, 5.41) is 7.32. The minimum absolute atomic E-state index is 0.189. The standard InChI is InChI=1S/C19H23N5O/c1-4-23(5-2)13-15-8-6-9-16(12-15)21-19(25)17-14(3)22-24-11-7-10-20-18(17)24/h6-12H,4-5,13H2,1-3H3,(H,21,25). The summed E-state index contributed by atoms with van der Waals surface area (Å²) < 4.78 is 1.63. The fourth-order valence-corrected chi connectivity index (χ4v) is 2.91. The third kappa shape index (κ3) is 3.69. The van der Waals surface area contributed by atoms with Gasteiger partial charge in [0.25, 0.3) is 5.91 Å². The van der Waals surface area contributed by atoms with E-state index in [9.17, 15) is 4.79 Å². The highest BCUT2D eigenvalue weighted by atomic mass is 16.1.